The Balaban J connectivity index is 1.72. The van der Waals surface area contributed by atoms with Crippen molar-refractivity contribution in [2.24, 2.45) is 0 Å². The van der Waals surface area contributed by atoms with E-state index in [1.165, 1.54) is 13.4 Å². The van der Waals surface area contributed by atoms with Crippen molar-refractivity contribution >= 4 is 11.9 Å². The lowest BCUT2D eigenvalue weighted by atomic mass is 10.1. The highest BCUT2D eigenvalue weighted by Crippen LogP contribution is 2.21. The van der Waals surface area contributed by atoms with E-state index in [2.05, 4.69) is 10.1 Å². The van der Waals surface area contributed by atoms with E-state index in [4.69, 9.17) is 9.47 Å². The molecule has 0 amide bonds. The second-order valence-corrected chi connectivity index (χ2v) is 5.51. The van der Waals surface area contributed by atoms with Crippen molar-refractivity contribution in [2.75, 3.05) is 7.11 Å². The molecule has 7 heteroatoms. The third-order valence-electron chi connectivity index (χ3n) is 3.74. The van der Waals surface area contributed by atoms with E-state index >= 15 is 0 Å². The van der Waals surface area contributed by atoms with Crippen LogP contribution in [0.3, 0.4) is 0 Å². The maximum absolute atomic E-state index is 12.4. The van der Waals surface area contributed by atoms with Crippen molar-refractivity contribution < 1.29 is 19.1 Å². The molecule has 0 aliphatic rings. The molecule has 2 aromatic carbocycles. The molecule has 3 rings (SSSR count). The summed E-state index contributed by atoms with van der Waals surface area (Å²) in [6, 6.07) is 15.6. The first-order valence-electron chi connectivity index (χ1n) is 7.92. The van der Waals surface area contributed by atoms with Crippen molar-refractivity contribution in [3.05, 3.63) is 83.9 Å². The van der Waals surface area contributed by atoms with Gasteiger partial charge in [-0.15, -0.1) is 0 Å². The Labute approximate surface area is 150 Å². The third-order valence-corrected chi connectivity index (χ3v) is 3.74. The number of carbonyl (C=O) groups is 2. The zero-order valence-corrected chi connectivity index (χ0v) is 14.1. The third kappa shape index (κ3) is 4.13. The standard InChI is InChI=1S/C19H17N3O4/c1-25-19(24)17(15-5-3-2-4-6-15)26-18(23)16-9-7-14(8-10-16)11-22-13-20-12-21-22/h2-10,12-13,17H,11H2,1H3/t17-/m0/s1. The maximum atomic E-state index is 12.4. The molecule has 0 saturated heterocycles. The number of ether oxygens (including phenoxy) is 2. The summed E-state index contributed by atoms with van der Waals surface area (Å²) in [5.74, 6) is -1.23. The molecule has 132 valence electrons. The van der Waals surface area contributed by atoms with Gasteiger partial charge in [0.05, 0.1) is 19.2 Å². The van der Waals surface area contributed by atoms with Crippen LogP contribution in [-0.2, 0) is 20.8 Å². The minimum absolute atomic E-state index is 0.345. The molecule has 0 aliphatic heterocycles. The molecule has 0 spiro atoms. The number of hydrogen-bond donors (Lipinski definition) is 0. The number of carbonyl (C=O) groups excluding carboxylic acids is 2. The zero-order chi connectivity index (χ0) is 18.4. The normalized spacial score (nSPS) is 11.6. The Kier molecular flexibility index (Phi) is 5.38. The van der Waals surface area contributed by atoms with E-state index in [1.807, 2.05) is 6.07 Å². The molecule has 26 heavy (non-hydrogen) atoms. The van der Waals surface area contributed by atoms with Crippen LogP contribution in [0.5, 0.6) is 0 Å². The molecule has 1 aromatic heterocycles. The van der Waals surface area contributed by atoms with Gasteiger partial charge >= 0.3 is 11.9 Å². The average molecular weight is 351 g/mol. The van der Waals surface area contributed by atoms with Crippen LogP contribution in [0.4, 0.5) is 0 Å². The predicted molar refractivity (Wildman–Crippen MR) is 92.2 cm³/mol. The molecule has 0 saturated carbocycles. The number of benzene rings is 2. The summed E-state index contributed by atoms with van der Waals surface area (Å²) in [6.45, 7) is 0.546. The van der Waals surface area contributed by atoms with Gasteiger partial charge in [0.15, 0.2) is 0 Å². The van der Waals surface area contributed by atoms with Gasteiger partial charge in [-0.1, -0.05) is 42.5 Å². The van der Waals surface area contributed by atoms with E-state index in [1.54, 1.807) is 59.5 Å². The van der Waals surface area contributed by atoms with Gasteiger partial charge in [-0.05, 0) is 17.7 Å². The number of hydrogen-bond acceptors (Lipinski definition) is 6. The van der Waals surface area contributed by atoms with Crippen molar-refractivity contribution in [3.8, 4) is 0 Å². The summed E-state index contributed by atoms with van der Waals surface area (Å²) in [4.78, 5) is 28.3. The van der Waals surface area contributed by atoms with E-state index < -0.39 is 18.0 Å². The molecule has 0 fully saturated rings. The average Bonchev–Trinajstić information content (AvgIpc) is 3.19. The molecule has 7 nitrogen and oxygen atoms in total. The van der Waals surface area contributed by atoms with Crippen molar-refractivity contribution in [1.82, 2.24) is 14.8 Å². The summed E-state index contributed by atoms with van der Waals surface area (Å²) in [6.07, 6.45) is 1.97. The van der Waals surface area contributed by atoms with Crippen LogP contribution in [0, 0.1) is 0 Å². The van der Waals surface area contributed by atoms with Crippen LogP contribution >= 0.6 is 0 Å². The molecule has 0 bridgehead atoms. The number of methoxy groups -OCH3 is 1. The fourth-order valence-electron chi connectivity index (χ4n) is 2.41. The molecule has 1 atom stereocenters. The second kappa shape index (κ2) is 8.06. The Morgan fingerprint density at radius 1 is 1.08 bits per heavy atom. The summed E-state index contributed by atoms with van der Waals surface area (Å²) >= 11 is 0. The lowest BCUT2D eigenvalue weighted by molar-refractivity contribution is -0.151. The molecule has 3 aromatic rings. The zero-order valence-electron chi connectivity index (χ0n) is 14.1. The van der Waals surface area contributed by atoms with E-state index in [0.717, 1.165) is 5.56 Å². The van der Waals surface area contributed by atoms with Crippen LogP contribution < -0.4 is 0 Å². The Bertz CT molecular complexity index is 862. The minimum atomic E-state index is -1.11. The monoisotopic (exact) mass is 351 g/mol. The van der Waals surface area contributed by atoms with Crippen LogP contribution in [-0.4, -0.2) is 33.8 Å². The smallest absolute Gasteiger partial charge is 0.351 e. The molecule has 0 N–H and O–H groups in total. The van der Waals surface area contributed by atoms with Gasteiger partial charge in [-0.25, -0.2) is 19.3 Å². The van der Waals surface area contributed by atoms with E-state index in [0.29, 0.717) is 17.7 Å². The van der Waals surface area contributed by atoms with Crippen molar-refractivity contribution in [3.63, 3.8) is 0 Å². The van der Waals surface area contributed by atoms with Crippen LogP contribution in [0.1, 0.15) is 27.6 Å². The van der Waals surface area contributed by atoms with Gasteiger partial charge in [0, 0.05) is 5.56 Å². The van der Waals surface area contributed by atoms with Gasteiger partial charge in [-0.2, -0.15) is 5.10 Å². The van der Waals surface area contributed by atoms with Gasteiger partial charge < -0.3 is 9.47 Å². The van der Waals surface area contributed by atoms with Gasteiger partial charge in [0.2, 0.25) is 6.10 Å². The van der Waals surface area contributed by atoms with Crippen molar-refractivity contribution in [1.29, 1.82) is 0 Å². The van der Waals surface area contributed by atoms with Crippen LogP contribution in [0.15, 0.2) is 67.3 Å². The Morgan fingerprint density at radius 2 is 1.81 bits per heavy atom. The first kappa shape index (κ1) is 17.3. The SMILES string of the molecule is COC(=O)[C@@H](OC(=O)c1ccc(Cn2cncn2)cc1)c1ccccc1. The van der Waals surface area contributed by atoms with Crippen LogP contribution in [0.2, 0.25) is 0 Å². The molecule has 0 aliphatic carbocycles. The number of esters is 2. The lowest BCUT2D eigenvalue weighted by Crippen LogP contribution is -2.21. The highest BCUT2D eigenvalue weighted by atomic mass is 16.6. The summed E-state index contributed by atoms with van der Waals surface area (Å²) in [7, 11) is 1.26. The molecule has 1 heterocycles. The largest absolute Gasteiger partial charge is 0.466 e. The Hall–Kier alpha value is -3.48. The summed E-state index contributed by atoms with van der Waals surface area (Å²) in [5, 5.41) is 4.03. The quantitative estimate of drug-likeness (QED) is 0.634. The number of rotatable bonds is 6. The Morgan fingerprint density at radius 3 is 2.42 bits per heavy atom. The van der Waals surface area contributed by atoms with Crippen LogP contribution in [0.25, 0.3) is 0 Å². The molecule has 0 unspecified atom stereocenters. The fourth-order valence-corrected chi connectivity index (χ4v) is 2.41. The lowest BCUT2D eigenvalue weighted by Gasteiger charge is -2.16. The fraction of sp³-hybridized carbons (Fsp3) is 0.158. The molecule has 0 radical (unpaired) electrons. The highest BCUT2D eigenvalue weighted by Gasteiger charge is 2.26. The van der Waals surface area contributed by atoms with Gasteiger partial charge in [-0.3, -0.25) is 0 Å². The highest BCUT2D eigenvalue weighted by molar-refractivity contribution is 5.91. The summed E-state index contributed by atoms with van der Waals surface area (Å²) < 4.78 is 11.8. The predicted octanol–water partition coefficient (Wildman–Crippen LogP) is 2.40. The first-order valence-corrected chi connectivity index (χ1v) is 7.92. The minimum Gasteiger partial charge on any atom is -0.466 e. The number of nitrogens with zero attached hydrogens (tertiary/aromatic N) is 3. The van der Waals surface area contributed by atoms with Gasteiger partial charge in [0.1, 0.15) is 12.7 Å². The second-order valence-electron chi connectivity index (χ2n) is 5.51. The topological polar surface area (TPSA) is 83.3 Å². The van der Waals surface area contributed by atoms with E-state index in [9.17, 15) is 9.59 Å². The number of aromatic nitrogens is 3. The first-order chi connectivity index (χ1) is 12.7. The van der Waals surface area contributed by atoms with Gasteiger partial charge in [0.25, 0.3) is 0 Å². The van der Waals surface area contributed by atoms with Crippen molar-refractivity contribution in [2.45, 2.75) is 12.6 Å². The van der Waals surface area contributed by atoms with E-state index in [-0.39, 0.29) is 0 Å². The molecular weight excluding hydrogens is 334 g/mol. The maximum Gasteiger partial charge on any atom is 0.351 e. The summed E-state index contributed by atoms with van der Waals surface area (Å²) in [5.41, 5.74) is 1.85. The molecular formula is C19H17N3O4.